The zero-order chi connectivity index (χ0) is 30.4. The van der Waals surface area contributed by atoms with Crippen molar-refractivity contribution in [3.63, 3.8) is 0 Å². The summed E-state index contributed by atoms with van der Waals surface area (Å²) in [6.45, 7) is 4.82. The van der Waals surface area contributed by atoms with E-state index in [-0.39, 0.29) is 18.7 Å². The number of anilines is 1. The van der Waals surface area contributed by atoms with Gasteiger partial charge in [0.1, 0.15) is 23.4 Å². The van der Waals surface area contributed by atoms with E-state index >= 15 is 0 Å². The lowest BCUT2D eigenvalue weighted by atomic mass is 9.95. The van der Waals surface area contributed by atoms with Gasteiger partial charge in [-0.1, -0.05) is 24.4 Å². The molecule has 226 valence electrons. The molecule has 2 atom stereocenters. The first-order valence-corrected chi connectivity index (χ1v) is 13.5. The number of alkyl halides is 6. The molecule has 3 heterocycles. The summed E-state index contributed by atoms with van der Waals surface area (Å²) in [5.74, 6) is 0.944. The number of cyclic esters (lactones) is 1. The molecule has 1 saturated carbocycles. The molecule has 5 rings (SSSR count). The number of aromatic nitrogens is 3. The molecule has 1 aliphatic heterocycles. The molecule has 0 unspecified atom stereocenters. The number of hydrogen-bond acceptors (Lipinski definition) is 7. The summed E-state index contributed by atoms with van der Waals surface area (Å²) in [6, 6.07) is 0.427. The summed E-state index contributed by atoms with van der Waals surface area (Å²) >= 11 is 0. The van der Waals surface area contributed by atoms with Gasteiger partial charge in [-0.15, -0.1) is 0 Å². The number of amides is 1. The molecule has 2 aliphatic rings. The topological polar surface area (TPSA) is 93.4 Å². The number of aryl methyl sites for hydroxylation is 2. The monoisotopic (exact) mass is 597 g/mol. The van der Waals surface area contributed by atoms with E-state index in [1.807, 2.05) is 0 Å². The van der Waals surface area contributed by atoms with Crippen LogP contribution in [-0.2, 0) is 23.6 Å². The molecule has 1 amide bonds. The molecule has 2 fully saturated rings. The van der Waals surface area contributed by atoms with Crippen LogP contribution in [0.15, 0.2) is 28.9 Å². The molecule has 42 heavy (non-hydrogen) atoms. The average molecular weight is 598 g/mol. The SMILES string of the molecule is Cc1noc(C)c1-c1cnc(NC2CCCCC2)c(CN2C(=O)O[C@H](c3cc(C(F)(F)F)cc(C(F)(F)F)c3)[C@@H]2C)n1. The second kappa shape index (κ2) is 11.1. The minimum atomic E-state index is -5.03. The molecule has 0 spiro atoms. The van der Waals surface area contributed by atoms with Crippen molar-refractivity contribution >= 4 is 11.9 Å². The van der Waals surface area contributed by atoms with E-state index in [0.717, 1.165) is 32.1 Å². The first-order chi connectivity index (χ1) is 19.7. The number of carbonyl (C=O) groups excluding carboxylic acids is 1. The minimum Gasteiger partial charge on any atom is -0.439 e. The van der Waals surface area contributed by atoms with E-state index in [1.165, 1.54) is 11.8 Å². The van der Waals surface area contributed by atoms with Gasteiger partial charge in [0.15, 0.2) is 0 Å². The molecule has 3 aromatic rings. The Labute approximate surface area is 237 Å². The third-order valence-electron chi connectivity index (χ3n) is 7.73. The molecular formula is C28H29F6N5O3. The van der Waals surface area contributed by atoms with E-state index in [2.05, 4.69) is 15.5 Å². The fourth-order valence-electron chi connectivity index (χ4n) is 5.53. The summed E-state index contributed by atoms with van der Waals surface area (Å²) in [5, 5.41) is 7.36. The second-order valence-corrected chi connectivity index (χ2v) is 10.7. The van der Waals surface area contributed by atoms with Crippen LogP contribution in [0.1, 0.15) is 79.0 Å². The molecular weight excluding hydrogens is 568 g/mol. The standard InChI is InChI=1S/C28H29F6N5O3/c1-14-23(16(3)42-38-14)21-12-35-25(36-20-7-5-4-6-8-20)22(37-21)13-39-15(2)24(41-26(39)40)17-9-18(27(29,30)31)11-19(10-17)28(32,33)34/h9-12,15,20,24H,4-8,13H2,1-3H3,(H,35,36)/t15-,24-/m0/s1. The highest BCUT2D eigenvalue weighted by Gasteiger charge is 2.43. The molecule has 0 radical (unpaired) electrons. The van der Waals surface area contributed by atoms with E-state index in [1.54, 1.807) is 20.0 Å². The van der Waals surface area contributed by atoms with Gasteiger partial charge in [-0.2, -0.15) is 26.3 Å². The molecule has 1 N–H and O–H groups in total. The van der Waals surface area contributed by atoms with Gasteiger partial charge in [0.05, 0.1) is 46.9 Å². The van der Waals surface area contributed by atoms with Crippen molar-refractivity contribution in [3.8, 4) is 11.3 Å². The number of nitrogens with zero attached hydrogens (tertiary/aromatic N) is 4. The Morgan fingerprint density at radius 1 is 1.00 bits per heavy atom. The highest BCUT2D eigenvalue weighted by atomic mass is 19.4. The summed E-state index contributed by atoms with van der Waals surface area (Å²) in [7, 11) is 0. The fraction of sp³-hybridized carbons (Fsp3) is 0.500. The molecule has 1 saturated heterocycles. The molecule has 14 heteroatoms. The Morgan fingerprint density at radius 2 is 1.64 bits per heavy atom. The first-order valence-electron chi connectivity index (χ1n) is 13.5. The Morgan fingerprint density at radius 3 is 2.21 bits per heavy atom. The molecule has 0 bridgehead atoms. The summed E-state index contributed by atoms with van der Waals surface area (Å²) < 4.78 is 91.6. The number of rotatable bonds is 6. The number of hydrogen-bond donors (Lipinski definition) is 1. The van der Waals surface area contributed by atoms with Gasteiger partial charge in [-0.3, -0.25) is 4.90 Å². The fourth-order valence-corrected chi connectivity index (χ4v) is 5.53. The van der Waals surface area contributed by atoms with Gasteiger partial charge in [0, 0.05) is 6.04 Å². The first kappa shape index (κ1) is 29.6. The molecule has 1 aromatic carbocycles. The average Bonchev–Trinajstić information content (AvgIpc) is 3.41. The van der Waals surface area contributed by atoms with Crippen molar-refractivity contribution in [3.05, 3.63) is 58.2 Å². The van der Waals surface area contributed by atoms with Crippen LogP contribution in [0.3, 0.4) is 0 Å². The van der Waals surface area contributed by atoms with Crippen LogP contribution in [0.4, 0.5) is 37.0 Å². The lowest BCUT2D eigenvalue weighted by Crippen LogP contribution is -2.33. The lowest BCUT2D eigenvalue weighted by Gasteiger charge is -2.26. The van der Waals surface area contributed by atoms with E-state index in [4.69, 9.17) is 14.2 Å². The van der Waals surface area contributed by atoms with Crippen LogP contribution in [0.25, 0.3) is 11.3 Å². The van der Waals surface area contributed by atoms with Crippen molar-refractivity contribution in [1.82, 2.24) is 20.0 Å². The van der Waals surface area contributed by atoms with Crippen LogP contribution in [-0.4, -0.2) is 38.2 Å². The van der Waals surface area contributed by atoms with Crippen molar-refractivity contribution in [1.29, 1.82) is 0 Å². The van der Waals surface area contributed by atoms with Crippen LogP contribution >= 0.6 is 0 Å². The maximum Gasteiger partial charge on any atom is 0.416 e. The van der Waals surface area contributed by atoms with Gasteiger partial charge in [-0.05, 0) is 57.4 Å². The van der Waals surface area contributed by atoms with Crippen molar-refractivity contribution in [2.24, 2.45) is 0 Å². The third-order valence-corrected chi connectivity index (χ3v) is 7.73. The maximum absolute atomic E-state index is 13.5. The van der Waals surface area contributed by atoms with Gasteiger partial charge in [-0.25, -0.2) is 14.8 Å². The minimum absolute atomic E-state index is 0.0434. The van der Waals surface area contributed by atoms with Gasteiger partial charge in [0.25, 0.3) is 0 Å². The Kier molecular flexibility index (Phi) is 7.84. The Balaban J connectivity index is 1.49. The number of carbonyl (C=O) groups is 1. The number of ether oxygens (including phenoxy) is 1. The number of nitrogens with one attached hydrogen (secondary N) is 1. The smallest absolute Gasteiger partial charge is 0.416 e. The predicted octanol–water partition coefficient (Wildman–Crippen LogP) is 7.61. The van der Waals surface area contributed by atoms with Gasteiger partial charge < -0.3 is 14.6 Å². The highest BCUT2D eigenvalue weighted by Crippen LogP contribution is 2.41. The Bertz CT molecular complexity index is 1410. The molecule has 1 aliphatic carbocycles. The van der Waals surface area contributed by atoms with E-state index < -0.39 is 47.3 Å². The van der Waals surface area contributed by atoms with Crippen molar-refractivity contribution in [2.45, 2.75) is 90.0 Å². The van der Waals surface area contributed by atoms with Crippen LogP contribution < -0.4 is 5.32 Å². The van der Waals surface area contributed by atoms with E-state index in [0.29, 0.717) is 46.4 Å². The maximum atomic E-state index is 13.5. The Hall–Kier alpha value is -3.84. The van der Waals surface area contributed by atoms with Crippen LogP contribution in [0.2, 0.25) is 0 Å². The lowest BCUT2D eigenvalue weighted by molar-refractivity contribution is -0.143. The van der Waals surface area contributed by atoms with Crippen molar-refractivity contribution in [2.75, 3.05) is 5.32 Å². The summed E-state index contributed by atoms with van der Waals surface area (Å²) in [4.78, 5) is 23.6. The number of halogens is 6. The normalized spacial score (nSPS) is 20.2. The van der Waals surface area contributed by atoms with Crippen LogP contribution in [0.5, 0.6) is 0 Å². The quantitative estimate of drug-likeness (QED) is 0.292. The second-order valence-electron chi connectivity index (χ2n) is 10.7. The summed E-state index contributed by atoms with van der Waals surface area (Å²) in [6.07, 6.45) is -5.70. The largest absolute Gasteiger partial charge is 0.439 e. The predicted molar refractivity (Wildman–Crippen MR) is 138 cm³/mol. The van der Waals surface area contributed by atoms with Crippen LogP contribution in [0, 0.1) is 13.8 Å². The zero-order valence-corrected chi connectivity index (χ0v) is 23.1. The highest BCUT2D eigenvalue weighted by molar-refractivity contribution is 5.71. The van der Waals surface area contributed by atoms with Crippen molar-refractivity contribution < 1.29 is 40.4 Å². The number of benzene rings is 1. The molecule has 2 aromatic heterocycles. The summed E-state index contributed by atoms with van der Waals surface area (Å²) in [5.41, 5.74) is -1.34. The molecule has 8 nitrogen and oxygen atoms in total. The zero-order valence-electron chi connectivity index (χ0n) is 23.1. The van der Waals surface area contributed by atoms with Gasteiger partial charge in [0.2, 0.25) is 0 Å². The van der Waals surface area contributed by atoms with Gasteiger partial charge >= 0.3 is 18.4 Å². The third kappa shape index (κ3) is 6.02. The van der Waals surface area contributed by atoms with E-state index in [9.17, 15) is 31.1 Å².